The summed E-state index contributed by atoms with van der Waals surface area (Å²) in [6, 6.07) is 10.7. The molecule has 1 nitrogen and oxygen atoms in total. The number of unbranched alkanes of at least 4 members (excludes halogenated alkanes) is 1. The molecule has 0 amide bonds. The van der Waals surface area contributed by atoms with E-state index in [9.17, 15) is 0 Å². The number of hydrogen-bond donors (Lipinski definition) is 1. The molecule has 1 heteroatoms. The van der Waals surface area contributed by atoms with Gasteiger partial charge in [-0.3, -0.25) is 0 Å². The van der Waals surface area contributed by atoms with Gasteiger partial charge >= 0.3 is 0 Å². The second-order valence-corrected chi connectivity index (χ2v) is 3.88. The standard InChI is InChI=1S/C14H21N/c1-3-4-6-11-14(12-15-2)13-9-7-5-8-10-13/h3,5,7-10,14-15H,1,4,6,11-12H2,2H3. The SMILES string of the molecule is C=CCCCC(CNC)c1ccccc1. The summed E-state index contributed by atoms with van der Waals surface area (Å²) in [6.45, 7) is 4.82. The smallest absolute Gasteiger partial charge is 0.00171 e. The lowest BCUT2D eigenvalue weighted by atomic mass is 9.93. The third kappa shape index (κ3) is 4.30. The molecule has 1 unspecified atom stereocenters. The molecule has 0 aliphatic rings. The Bertz CT molecular complexity index is 266. The number of nitrogens with one attached hydrogen (secondary N) is 1. The Balaban J connectivity index is 2.53. The van der Waals surface area contributed by atoms with Crippen LogP contribution in [0.3, 0.4) is 0 Å². The quantitative estimate of drug-likeness (QED) is 0.529. The maximum Gasteiger partial charge on any atom is 0.00171 e. The van der Waals surface area contributed by atoms with Crippen LogP contribution >= 0.6 is 0 Å². The maximum absolute atomic E-state index is 3.76. The topological polar surface area (TPSA) is 12.0 Å². The molecule has 0 saturated heterocycles. The Hall–Kier alpha value is -1.08. The van der Waals surface area contributed by atoms with Crippen molar-refractivity contribution < 1.29 is 0 Å². The highest BCUT2D eigenvalue weighted by Gasteiger charge is 2.08. The second-order valence-electron chi connectivity index (χ2n) is 3.88. The van der Waals surface area contributed by atoms with Gasteiger partial charge in [0.15, 0.2) is 0 Å². The lowest BCUT2D eigenvalue weighted by Crippen LogP contribution is -2.17. The second kappa shape index (κ2) is 7.24. The van der Waals surface area contributed by atoms with E-state index in [1.165, 1.54) is 18.4 Å². The van der Waals surface area contributed by atoms with Crippen LogP contribution in [0, 0.1) is 0 Å². The summed E-state index contributed by atoms with van der Waals surface area (Å²) in [7, 11) is 2.02. The Morgan fingerprint density at radius 3 is 2.67 bits per heavy atom. The number of allylic oxidation sites excluding steroid dienone is 1. The zero-order chi connectivity index (χ0) is 10.9. The average molecular weight is 203 g/mol. The Labute approximate surface area is 93.2 Å². The number of hydrogen-bond acceptors (Lipinski definition) is 1. The third-order valence-corrected chi connectivity index (χ3v) is 2.68. The molecule has 15 heavy (non-hydrogen) atoms. The third-order valence-electron chi connectivity index (χ3n) is 2.68. The summed E-state index contributed by atoms with van der Waals surface area (Å²) in [6.07, 6.45) is 5.58. The van der Waals surface area contributed by atoms with Crippen molar-refractivity contribution >= 4 is 0 Å². The lowest BCUT2D eigenvalue weighted by molar-refractivity contribution is 0.563. The van der Waals surface area contributed by atoms with Crippen LogP contribution in [0.5, 0.6) is 0 Å². The zero-order valence-corrected chi connectivity index (χ0v) is 9.58. The predicted molar refractivity (Wildman–Crippen MR) is 67.2 cm³/mol. The van der Waals surface area contributed by atoms with Gasteiger partial charge in [-0.05, 0) is 37.8 Å². The molecule has 0 heterocycles. The average Bonchev–Trinajstić information content (AvgIpc) is 2.29. The van der Waals surface area contributed by atoms with Crippen molar-refractivity contribution in [3.63, 3.8) is 0 Å². The molecule has 0 aliphatic heterocycles. The fraction of sp³-hybridized carbons (Fsp3) is 0.429. The van der Waals surface area contributed by atoms with Crippen LogP contribution < -0.4 is 5.32 Å². The van der Waals surface area contributed by atoms with Crippen LogP contribution in [0.25, 0.3) is 0 Å². The Kier molecular flexibility index (Phi) is 5.79. The van der Waals surface area contributed by atoms with Gasteiger partial charge in [-0.25, -0.2) is 0 Å². The monoisotopic (exact) mass is 203 g/mol. The Morgan fingerprint density at radius 2 is 2.07 bits per heavy atom. The number of likely N-dealkylation sites (N-methyl/N-ethyl adjacent to an activating group) is 1. The van der Waals surface area contributed by atoms with Gasteiger partial charge in [0.05, 0.1) is 0 Å². The van der Waals surface area contributed by atoms with E-state index >= 15 is 0 Å². The first-order chi connectivity index (χ1) is 7.38. The lowest BCUT2D eigenvalue weighted by Gasteiger charge is -2.16. The molecule has 1 rings (SSSR count). The van der Waals surface area contributed by atoms with Crippen molar-refractivity contribution in [2.45, 2.75) is 25.2 Å². The molecular weight excluding hydrogens is 182 g/mol. The minimum absolute atomic E-state index is 0.635. The van der Waals surface area contributed by atoms with Gasteiger partial charge in [0.1, 0.15) is 0 Å². The maximum atomic E-state index is 3.76. The van der Waals surface area contributed by atoms with Crippen LogP contribution in [0.2, 0.25) is 0 Å². The highest BCUT2D eigenvalue weighted by molar-refractivity contribution is 5.19. The summed E-state index contributed by atoms with van der Waals surface area (Å²) >= 11 is 0. The van der Waals surface area contributed by atoms with Gasteiger partial charge in [0.2, 0.25) is 0 Å². The van der Waals surface area contributed by atoms with E-state index in [1.807, 2.05) is 13.1 Å². The molecule has 82 valence electrons. The van der Waals surface area contributed by atoms with Crippen molar-refractivity contribution in [1.82, 2.24) is 5.32 Å². The molecule has 0 fully saturated rings. The van der Waals surface area contributed by atoms with E-state index in [4.69, 9.17) is 0 Å². The summed E-state index contributed by atoms with van der Waals surface area (Å²) in [5.74, 6) is 0.635. The molecule has 0 spiro atoms. The van der Waals surface area contributed by atoms with E-state index in [0.717, 1.165) is 13.0 Å². The first-order valence-electron chi connectivity index (χ1n) is 5.69. The van der Waals surface area contributed by atoms with Crippen molar-refractivity contribution in [3.8, 4) is 0 Å². The molecule has 1 aromatic carbocycles. The van der Waals surface area contributed by atoms with Crippen LogP contribution in [-0.2, 0) is 0 Å². The molecule has 0 bridgehead atoms. The van der Waals surface area contributed by atoms with Crippen LogP contribution in [0.15, 0.2) is 43.0 Å². The largest absolute Gasteiger partial charge is 0.319 e. The van der Waals surface area contributed by atoms with Crippen molar-refractivity contribution in [2.24, 2.45) is 0 Å². The summed E-state index contributed by atoms with van der Waals surface area (Å²) in [5.41, 5.74) is 1.44. The molecule has 0 saturated carbocycles. The van der Waals surface area contributed by atoms with E-state index in [-0.39, 0.29) is 0 Å². The van der Waals surface area contributed by atoms with Crippen LogP contribution in [-0.4, -0.2) is 13.6 Å². The molecule has 1 atom stereocenters. The van der Waals surface area contributed by atoms with Gasteiger partial charge in [-0.2, -0.15) is 0 Å². The predicted octanol–water partition coefficient (Wildman–Crippen LogP) is 3.35. The molecule has 0 aliphatic carbocycles. The summed E-state index contributed by atoms with van der Waals surface area (Å²) < 4.78 is 0. The first kappa shape index (κ1) is 12.0. The minimum atomic E-state index is 0.635. The molecule has 0 radical (unpaired) electrons. The van der Waals surface area contributed by atoms with Crippen molar-refractivity contribution in [2.75, 3.05) is 13.6 Å². The number of rotatable bonds is 7. The fourth-order valence-electron chi connectivity index (χ4n) is 1.87. The van der Waals surface area contributed by atoms with Gasteiger partial charge in [0, 0.05) is 6.54 Å². The zero-order valence-electron chi connectivity index (χ0n) is 9.58. The van der Waals surface area contributed by atoms with Crippen LogP contribution in [0.4, 0.5) is 0 Å². The highest BCUT2D eigenvalue weighted by Crippen LogP contribution is 2.21. The fourth-order valence-corrected chi connectivity index (χ4v) is 1.87. The Morgan fingerprint density at radius 1 is 1.33 bits per heavy atom. The van der Waals surface area contributed by atoms with Gasteiger partial charge < -0.3 is 5.32 Å². The molecule has 1 N–H and O–H groups in total. The first-order valence-corrected chi connectivity index (χ1v) is 5.69. The van der Waals surface area contributed by atoms with Crippen molar-refractivity contribution in [3.05, 3.63) is 48.6 Å². The van der Waals surface area contributed by atoms with E-state index in [1.54, 1.807) is 0 Å². The summed E-state index contributed by atoms with van der Waals surface area (Å²) in [4.78, 5) is 0. The molecular formula is C14H21N. The number of benzene rings is 1. The summed E-state index contributed by atoms with van der Waals surface area (Å²) in [5, 5.41) is 3.27. The molecule has 0 aromatic heterocycles. The van der Waals surface area contributed by atoms with Gasteiger partial charge in [0.25, 0.3) is 0 Å². The van der Waals surface area contributed by atoms with E-state index in [0.29, 0.717) is 5.92 Å². The van der Waals surface area contributed by atoms with Crippen LogP contribution in [0.1, 0.15) is 30.7 Å². The van der Waals surface area contributed by atoms with Gasteiger partial charge in [-0.1, -0.05) is 36.4 Å². The minimum Gasteiger partial charge on any atom is -0.319 e. The van der Waals surface area contributed by atoms with E-state index in [2.05, 4.69) is 42.2 Å². The normalized spacial score (nSPS) is 12.3. The molecule has 1 aromatic rings. The van der Waals surface area contributed by atoms with E-state index < -0.39 is 0 Å². The highest BCUT2D eigenvalue weighted by atomic mass is 14.8. The van der Waals surface area contributed by atoms with Crippen molar-refractivity contribution in [1.29, 1.82) is 0 Å². The van der Waals surface area contributed by atoms with Gasteiger partial charge in [-0.15, -0.1) is 6.58 Å².